The Bertz CT molecular complexity index is 814. The number of para-hydroxylation sites is 1. The minimum Gasteiger partial charge on any atom is -0.508 e. The molecule has 27 heavy (non-hydrogen) atoms. The number of fused-ring (bicyclic) bond motifs is 1. The van der Waals surface area contributed by atoms with Gasteiger partial charge in [0.2, 0.25) is 0 Å². The number of piperidine rings is 1. The van der Waals surface area contributed by atoms with Gasteiger partial charge in [-0.1, -0.05) is 30.3 Å². The van der Waals surface area contributed by atoms with Crippen molar-refractivity contribution in [2.75, 3.05) is 13.1 Å². The standard InChI is InChI=1S/C20H22N2O.4ClH/c23-17-7-5-15(6-8-17)13-22-14-19(16-9-11-21-12-10-16)18-3-1-2-4-20(18)22;;;;/h1-8,14,16,21,23H,9-13H2;4*1H. The van der Waals surface area contributed by atoms with Gasteiger partial charge in [-0.3, -0.25) is 0 Å². The van der Waals surface area contributed by atoms with Crippen LogP contribution in [0.4, 0.5) is 0 Å². The first-order chi connectivity index (χ1) is 11.3. The summed E-state index contributed by atoms with van der Waals surface area (Å²) < 4.78 is 2.35. The minimum atomic E-state index is 0. The van der Waals surface area contributed by atoms with E-state index in [9.17, 15) is 5.11 Å². The Morgan fingerprint density at radius 2 is 1.52 bits per heavy atom. The fourth-order valence-electron chi connectivity index (χ4n) is 3.66. The van der Waals surface area contributed by atoms with Crippen molar-refractivity contribution in [3.63, 3.8) is 0 Å². The molecule has 1 fully saturated rings. The van der Waals surface area contributed by atoms with Crippen molar-refractivity contribution in [1.82, 2.24) is 9.88 Å². The van der Waals surface area contributed by atoms with Crippen molar-refractivity contribution in [2.45, 2.75) is 25.3 Å². The van der Waals surface area contributed by atoms with Crippen LogP contribution < -0.4 is 5.32 Å². The summed E-state index contributed by atoms with van der Waals surface area (Å²) in [6.07, 6.45) is 4.77. The van der Waals surface area contributed by atoms with E-state index in [1.165, 1.54) is 34.9 Å². The molecule has 4 rings (SSSR count). The van der Waals surface area contributed by atoms with Crippen LogP contribution >= 0.6 is 49.6 Å². The van der Waals surface area contributed by atoms with E-state index in [0.29, 0.717) is 11.7 Å². The van der Waals surface area contributed by atoms with Crippen LogP contribution in [0.3, 0.4) is 0 Å². The molecule has 0 unspecified atom stereocenters. The molecule has 2 heterocycles. The van der Waals surface area contributed by atoms with Crippen molar-refractivity contribution >= 4 is 60.5 Å². The summed E-state index contributed by atoms with van der Waals surface area (Å²) in [6.45, 7) is 3.07. The van der Waals surface area contributed by atoms with Crippen LogP contribution in [-0.4, -0.2) is 22.8 Å². The molecule has 0 amide bonds. The number of halogens is 4. The Labute approximate surface area is 185 Å². The first-order valence-corrected chi connectivity index (χ1v) is 8.37. The molecule has 1 aliphatic heterocycles. The van der Waals surface area contributed by atoms with E-state index in [2.05, 4.69) is 40.3 Å². The highest BCUT2D eigenvalue weighted by molar-refractivity contribution is 5.86. The Morgan fingerprint density at radius 3 is 2.19 bits per heavy atom. The van der Waals surface area contributed by atoms with Gasteiger partial charge in [0.15, 0.2) is 0 Å². The molecule has 1 saturated heterocycles. The first-order valence-electron chi connectivity index (χ1n) is 8.37. The summed E-state index contributed by atoms with van der Waals surface area (Å²) in [6, 6.07) is 16.2. The predicted molar refractivity (Wildman–Crippen MR) is 123 cm³/mol. The quantitative estimate of drug-likeness (QED) is 0.547. The zero-order valence-electron chi connectivity index (χ0n) is 14.8. The average Bonchev–Trinajstić information content (AvgIpc) is 2.97. The molecule has 7 heteroatoms. The van der Waals surface area contributed by atoms with E-state index < -0.39 is 0 Å². The third-order valence-corrected chi connectivity index (χ3v) is 4.89. The Kier molecular flexibility index (Phi) is 11.2. The topological polar surface area (TPSA) is 37.2 Å². The summed E-state index contributed by atoms with van der Waals surface area (Å²) in [5, 5.41) is 14.3. The number of aromatic nitrogens is 1. The maximum Gasteiger partial charge on any atom is 0.115 e. The maximum absolute atomic E-state index is 9.46. The molecular weight excluding hydrogens is 426 g/mol. The Hall–Kier alpha value is -1.10. The van der Waals surface area contributed by atoms with Crippen molar-refractivity contribution < 1.29 is 5.11 Å². The molecule has 3 nitrogen and oxygen atoms in total. The summed E-state index contributed by atoms with van der Waals surface area (Å²) in [5.74, 6) is 0.976. The Balaban J connectivity index is 0.00000169. The van der Waals surface area contributed by atoms with E-state index in [1.807, 2.05) is 12.1 Å². The molecule has 0 bridgehead atoms. The van der Waals surface area contributed by atoms with E-state index in [-0.39, 0.29) is 49.6 Å². The number of nitrogens with zero attached hydrogens (tertiary/aromatic N) is 1. The number of rotatable bonds is 3. The lowest BCUT2D eigenvalue weighted by atomic mass is 9.90. The highest BCUT2D eigenvalue weighted by atomic mass is 35.5. The van der Waals surface area contributed by atoms with Gasteiger partial charge in [0.1, 0.15) is 5.75 Å². The predicted octanol–water partition coefficient (Wildman–Crippen LogP) is 5.55. The lowest BCUT2D eigenvalue weighted by Gasteiger charge is -2.22. The van der Waals surface area contributed by atoms with Gasteiger partial charge in [0.25, 0.3) is 0 Å². The van der Waals surface area contributed by atoms with E-state index in [1.54, 1.807) is 12.1 Å². The zero-order valence-corrected chi connectivity index (χ0v) is 18.1. The van der Waals surface area contributed by atoms with Gasteiger partial charge in [0, 0.05) is 23.6 Å². The molecular formula is C20H26Cl4N2O. The van der Waals surface area contributed by atoms with E-state index in [4.69, 9.17) is 0 Å². The van der Waals surface area contributed by atoms with Crippen LogP contribution in [-0.2, 0) is 6.54 Å². The van der Waals surface area contributed by atoms with Crippen molar-refractivity contribution in [3.05, 3.63) is 65.9 Å². The molecule has 0 aliphatic carbocycles. The summed E-state index contributed by atoms with van der Waals surface area (Å²) >= 11 is 0. The van der Waals surface area contributed by atoms with E-state index >= 15 is 0 Å². The Morgan fingerprint density at radius 1 is 0.889 bits per heavy atom. The summed E-state index contributed by atoms with van der Waals surface area (Å²) in [4.78, 5) is 0. The van der Waals surface area contributed by atoms with Crippen molar-refractivity contribution in [3.8, 4) is 5.75 Å². The fraction of sp³-hybridized carbons (Fsp3) is 0.300. The molecule has 0 radical (unpaired) electrons. The number of hydrogen-bond acceptors (Lipinski definition) is 2. The fourth-order valence-corrected chi connectivity index (χ4v) is 3.66. The first kappa shape index (κ1) is 25.9. The van der Waals surface area contributed by atoms with Crippen LogP contribution in [0.15, 0.2) is 54.7 Å². The molecule has 150 valence electrons. The van der Waals surface area contributed by atoms with Crippen LogP contribution in [0.2, 0.25) is 0 Å². The molecule has 1 aliphatic rings. The molecule has 0 saturated carbocycles. The van der Waals surface area contributed by atoms with Crippen LogP contribution in [0.5, 0.6) is 5.75 Å². The van der Waals surface area contributed by atoms with E-state index in [0.717, 1.165) is 19.6 Å². The molecule has 3 aromatic rings. The average molecular weight is 452 g/mol. The highest BCUT2D eigenvalue weighted by Crippen LogP contribution is 2.33. The summed E-state index contributed by atoms with van der Waals surface area (Å²) in [7, 11) is 0. The molecule has 0 spiro atoms. The van der Waals surface area contributed by atoms with Gasteiger partial charge in [-0.05, 0) is 61.2 Å². The molecule has 2 N–H and O–H groups in total. The van der Waals surface area contributed by atoms with Gasteiger partial charge >= 0.3 is 0 Å². The summed E-state index contributed by atoms with van der Waals surface area (Å²) in [5.41, 5.74) is 4.00. The number of aromatic hydroxyl groups is 1. The van der Waals surface area contributed by atoms with Gasteiger partial charge in [-0.25, -0.2) is 0 Å². The molecule has 0 atom stereocenters. The second-order valence-corrected chi connectivity index (χ2v) is 6.42. The van der Waals surface area contributed by atoms with Crippen LogP contribution in [0, 0.1) is 0 Å². The lowest BCUT2D eigenvalue weighted by Crippen LogP contribution is -2.26. The third kappa shape index (κ3) is 5.69. The van der Waals surface area contributed by atoms with Gasteiger partial charge in [-0.15, -0.1) is 49.6 Å². The zero-order chi connectivity index (χ0) is 15.6. The van der Waals surface area contributed by atoms with Gasteiger partial charge in [-0.2, -0.15) is 0 Å². The second kappa shape index (κ2) is 11.7. The number of nitrogens with one attached hydrogen (secondary N) is 1. The largest absolute Gasteiger partial charge is 0.508 e. The highest BCUT2D eigenvalue weighted by Gasteiger charge is 2.19. The lowest BCUT2D eigenvalue weighted by molar-refractivity contribution is 0.461. The number of benzene rings is 2. The molecule has 1 aromatic heterocycles. The van der Waals surface area contributed by atoms with Gasteiger partial charge < -0.3 is 15.0 Å². The third-order valence-electron chi connectivity index (χ3n) is 4.89. The van der Waals surface area contributed by atoms with Crippen molar-refractivity contribution in [1.29, 1.82) is 0 Å². The minimum absolute atomic E-state index is 0. The SMILES string of the molecule is Cl.Cl.Cl.Cl.Oc1ccc(Cn2cc(C3CCNCC3)c3ccccc32)cc1. The monoisotopic (exact) mass is 450 g/mol. The van der Waals surface area contributed by atoms with Crippen LogP contribution in [0.25, 0.3) is 10.9 Å². The number of phenols is 1. The van der Waals surface area contributed by atoms with Crippen LogP contribution in [0.1, 0.15) is 29.9 Å². The normalized spacial score (nSPS) is 13.6. The number of phenolic OH excluding ortho intramolecular Hbond substituents is 1. The smallest absolute Gasteiger partial charge is 0.115 e. The molecule has 2 aromatic carbocycles. The van der Waals surface area contributed by atoms with Gasteiger partial charge in [0.05, 0.1) is 0 Å². The van der Waals surface area contributed by atoms with Crippen molar-refractivity contribution in [2.24, 2.45) is 0 Å². The maximum atomic E-state index is 9.46. The second-order valence-electron chi connectivity index (χ2n) is 6.42. The number of hydrogen-bond donors (Lipinski definition) is 2.